The second-order valence-corrected chi connectivity index (χ2v) is 3.67. The zero-order valence-electron chi connectivity index (χ0n) is 8.91. The summed E-state index contributed by atoms with van der Waals surface area (Å²) in [5, 5.41) is 2.11. The van der Waals surface area contributed by atoms with E-state index in [9.17, 15) is 13.6 Å². The van der Waals surface area contributed by atoms with Crippen LogP contribution in [0.25, 0.3) is 0 Å². The van der Waals surface area contributed by atoms with E-state index in [1.807, 2.05) is 0 Å². The summed E-state index contributed by atoms with van der Waals surface area (Å²) in [6.45, 7) is 0.807. The van der Waals surface area contributed by atoms with Gasteiger partial charge in [-0.05, 0) is 12.5 Å². The van der Waals surface area contributed by atoms with Crippen molar-refractivity contribution < 1.29 is 13.6 Å². The number of carbonyl (C=O) groups is 1. The largest absolute Gasteiger partial charge is 0.348 e. The normalized spacial score (nSPS) is 14.6. The smallest absolute Gasteiger partial charge is 0.255 e. The highest BCUT2D eigenvalue weighted by Crippen LogP contribution is 2.17. The second kappa shape index (κ2) is 5.03. The van der Waals surface area contributed by atoms with Gasteiger partial charge in [0.15, 0.2) is 0 Å². The molecule has 1 aromatic rings. The molecule has 0 fully saturated rings. The molecule has 88 valence electrons. The Hall–Kier alpha value is -1.49. The molecule has 0 saturated carbocycles. The lowest BCUT2D eigenvalue weighted by Crippen LogP contribution is -2.50. The molecule has 0 aliphatic rings. The molecule has 5 heteroatoms. The molecule has 0 aromatic heterocycles. The van der Waals surface area contributed by atoms with Crippen molar-refractivity contribution in [1.29, 1.82) is 0 Å². The molecule has 0 aliphatic heterocycles. The average Bonchev–Trinajstić information content (AvgIpc) is 2.27. The van der Waals surface area contributed by atoms with Crippen LogP contribution in [-0.4, -0.2) is 18.9 Å². The van der Waals surface area contributed by atoms with Crippen LogP contribution in [-0.2, 0) is 10.3 Å². The number of rotatable bonds is 4. The van der Waals surface area contributed by atoms with Gasteiger partial charge in [0.25, 0.3) is 6.43 Å². The number of amides is 1. The Bertz CT molecular complexity index is 352. The first-order valence-electron chi connectivity index (χ1n) is 4.85. The number of carbonyl (C=O) groups excluding carboxylic acids is 1. The topological polar surface area (TPSA) is 55.1 Å². The molecular weight excluding hydrogens is 214 g/mol. The van der Waals surface area contributed by atoms with E-state index >= 15 is 0 Å². The number of hydrogen-bond donors (Lipinski definition) is 2. The van der Waals surface area contributed by atoms with E-state index in [1.165, 1.54) is 6.92 Å². The van der Waals surface area contributed by atoms with Crippen LogP contribution in [0.15, 0.2) is 30.3 Å². The third kappa shape index (κ3) is 3.00. The van der Waals surface area contributed by atoms with Crippen molar-refractivity contribution >= 4 is 5.91 Å². The van der Waals surface area contributed by atoms with Gasteiger partial charge in [0.1, 0.15) is 5.54 Å². The molecule has 0 heterocycles. The Kier molecular flexibility index (Phi) is 3.95. The van der Waals surface area contributed by atoms with E-state index in [2.05, 4.69) is 5.32 Å². The number of nitrogens with two attached hydrogens (primary N) is 1. The number of benzene rings is 1. The Morgan fingerprint density at radius 1 is 1.44 bits per heavy atom. The summed E-state index contributed by atoms with van der Waals surface area (Å²) in [4.78, 5) is 11.6. The van der Waals surface area contributed by atoms with Gasteiger partial charge in [-0.2, -0.15) is 0 Å². The molecule has 0 radical (unpaired) electrons. The summed E-state index contributed by atoms with van der Waals surface area (Å²) in [7, 11) is 0. The van der Waals surface area contributed by atoms with Gasteiger partial charge < -0.3 is 11.1 Å². The van der Waals surface area contributed by atoms with Crippen molar-refractivity contribution in [2.75, 3.05) is 6.54 Å². The van der Waals surface area contributed by atoms with Gasteiger partial charge in [-0.3, -0.25) is 4.79 Å². The van der Waals surface area contributed by atoms with Crippen molar-refractivity contribution in [3.63, 3.8) is 0 Å². The minimum atomic E-state index is -2.57. The molecule has 3 nitrogen and oxygen atoms in total. The van der Waals surface area contributed by atoms with Crippen LogP contribution in [0.5, 0.6) is 0 Å². The summed E-state index contributed by atoms with van der Waals surface area (Å²) in [5.74, 6) is -0.612. The van der Waals surface area contributed by atoms with E-state index in [0.717, 1.165) is 0 Å². The zero-order chi connectivity index (χ0) is 12.2. The molecular formula is C11H14F2N2O. The fourth-order valence-electron chi connectivity index (χ4n) is 1.27. The maximum absolute atomic E-state index is 11.9. The van der Waals surface area contributed by atoms with Crippen LogP contribution < -0.4 is 11.1 Å². The maximum atomic E-state index is 11.9. The van der Waals surface area contributed by atoms with E-state index in [1.54, 1.807) is 30.3 Å². The quantitative estimate of drug-likeness (QED) is 0.814. The van der Waals surface area contributed by atoms with Crippen LogP contribution >= 0.6 is 0 Å². The van der Waals surface area contributed by atoms with Gasteiger partial charge in [-0.25, -0.2) is 8.78 Å². The third-order valence-corrected chi connectivity index (χ3v) is 2.26. The molecule has 0 aliphatic carbocycles. The Morgan fingerprint density at radius 2 is 2.00 bits per heavy atom. The molecule has 0 bridgehead atoms. The molecule has 1 atom stereocenters. The molecule has 16 heavy (non-hydrogen) atoms. The minimum absolute atomic E-state index is 0.585. The fraction of sp³-hybridized carbons (Fsp3) is 0.364. The van der Waals surface area contributed by atoms with E-state index in [4.69, 9.17) is 5.73 Å². The minimum Gasteiger partial charge on any atom is -0.348 e. The monoisotopic (exact) mass is 228 g/mol. The number of halogens is 2. The van der Waals surface area contributed by atoms with Crippen molar-refractivity contribution in [3.8, 4) is 0 Å². The van der Waals surface area contributed by atoms with Crippen molar-refractivity contribution in [1.82, 2.24) is 5.32 Å². The number of alkyl halides is 2. The number of hydrogen-bond acceptors (Lipinski definition) is 2. The number of nitrogens with one attached hydrogen (secondary N) is 1. The lowest BCUT2D eigenvalue weighted by atomic mass is 9.92. The van der Waals surface area contributed by atoms with E-state index in [0.29, 0.717) is 5.56 Å². The summed E-state index contributed by atoms with van der Waals surface area (Å²) >= 11 is 0. The van der Waals surface area contributed by atoms with Crippen LogP contribution in [0.2, 0.25) is 0 Å². The Labute approximate surface area is 92.6 Å². The predicted molar refractivity (Wildman–Crippen MR) is 57.0 cm³/mol. The van der Waals surface area contributed by atoms with Crippen LogP contribution in [0.3, 0.4) is 0 Å². The van der Waals surface area contributed by atoms with Gasteiger partial charge in [-0.1, -0.05) is 30.3 Å². The van der Waals surface area contributed by atoms with Crippen LogP contribution in [0.4, 0.5) is 8.78 Å². The van der Waals surface area contributed by atoms with Gasteiger partial charge in [0.05, 0.1) is 6.54 Å². The van der Waals surface area contributed by atoms with Crippen LogP contribution in [0, 0.1) is 0 Å². The average molecular weight is 228 g/mol. The summed E-state index contributed by atoms with van der Waals surface area (Å²) in [6.07, 6.45) is -2.57. The maximum Gasteiger partial charge on any atom is 0.255 e. The molecule has 1 amide bonds. The van der Waals surface area contributed by atoms with Gasteiger partial charge in [0.2, 0.25) is 5.91 Å². The lowest BCUT2D eigenvalue weighted by molar-refractivity contribution is -0.126. The van der Waals surface area contributed by atoms with Gasteiger partial charge >= 0.3 is 0 Å². The predicted octanol–water partition coefficient (Wildman–Crippen LogP) is 1.24. The Balaban J connectivity index is 2.74. The molecule has 1 aromatic carbocycles. The standard InChI is InChI=1S/C11H14F2N2O/c1-11(14,8-5-3-2-4-6-8)10(16)15-7-9(12)13/h2-6,9H,7,14H2,1H3,(H,15,16). The molecule has 1 unspecified atom stereocenters. The van der Waals surface area contributed by atoms with Crippen LogP contribution in [0.1, 0.15) is 12.5 Å². The van der Waals surface area contributed by atoms with Crippen molar-refractivity contribution in [2.45, 2.75) is 18.9 Å². The summed E-state index contributed by atoms with van der Waals surface area (Å²) < 4.78 is 23.9. The second-order valence-electron chi connectivity index (χ2n) is 3.67. The van der Waals surface area contributed by atoms with E-state index < -0.39 is 24.4 Å². The SMILES string of the molecule is CC(N)(C(=O)NCC(F)F)c1ccccc1. The highest BCUT2D eigenvalue weighted by Gasteiger charge is 2.30. The van der Waals surface area contributed by atoms with Crippen molar-refractivity contribution in [3.05, 3.63) is 35.9 Å². The molecule has 0 spiro atoms. The summed E-state index contributed by atoms with van der Waals surface area (Å²) in [5.41, 5.74) is 5.10. The third-order valence-electron chi connectivity index (χ3n) is 2.26. The summed E-state index contributed by atoms with van der Waals surface area (Å²) in [6, 6.07) is 8.63. The zero-order valence-corrected chi connectivity index (χ0v) is 8.91. The Morgan fingerprint density at radius 3 is 2.50 bits per heavy atom. The molecule has 1 rings (SSSR count). The first-order valence-corrected chi connectivity index (χ1v) is 4.85. The molecule has 3 N–H and O–H groups in total. The van der Waals surface area contributed by atoms with Gasteiger partial charge in [0, 0.05) is 0 Å². The van der Waals surface area contributed by atoms with Crippen molar-refractivity contribution in [2.24, 2.45) is 5.73 Å². The fourth-order valence-corrected chi connectivity index (χ4v) is 1.27. The molecule has 0 saturated heterocycles. The van der Waals surface area contributed by atoms with E-state index in [-0.39, 0.29) is 0 Å². The lowest BCUT2D eigenvalue weighted by Gasteiger charge is -2.23. The first-order chi connectivity index (χ1) is 7.44. The van der Waals surface area contributed by atoms with Gasteiger partial charge in [-0.15, -0.1) is 0 Å². The highest BCUT2D eigenvalue weighted by atomic mass is 19.3. The highest BCUT2D eigenvalue weighted by molar-refractivity contribution is 5.86. The first kappa shape index (κ1) is 12.6.